The Labute approximate surface area is 93.3 Å². The molecule has 6 nitrogen and oxygen atoms in total. The first-order valence-electron chi connectivity index (χ1n) is 5.05. The molecule has 0 radical (unpaired) electrons. The summed E-state index contributed by atoms with van der Waals surface area (Å²) in [5.74, 6) is -1.20. The van der Waals surface area contributed by atoms with Crippen LogP contribution in [0.15, 0.2) is 12.4 Å². The van der Waals surface area contributed by atoms with Crippen LogP contribution in [0.3, 0.4) is 0 Å². The van der Waals surface area contributed by atoms with Gasteiger partial charge >= 0.3 is 5.97 Å². The molecule has 0 aromatic carbocycles. The minimum Gasteiger partial charge on any atom is -0.481 e. The fraction of sp³-hybridized carbons (Fsp3) is 0.500. The summed E-state index contributed by atoms with van der Waals surface area (Å²) in [4.78, 5) is 21.3. The van der Waals surface area contributed by atoms with Crippen LogP contribution in [-0.4, -0.2) is 33.3 Å². The largest absolute Gasteiger partial charge is 0.481 e. The molecule has 1 amide bonds. The van der Waals surface area contributed by atoms with Crippen molar-refractivity contribution in [1.82, 2.24) is 15.1 Å². The molecular weight excluding hydrogens is 210 g/mol. The molecule has 88 valence electrons. The highest BCUT2D eigenvalue weighted by atomic mass is 16.4. The summed E-state index contributed by atoms with van der Waals surface area (Å²) < 4.78 is 1.73. The second-order valence-electron chi connectivity index (χ2n) is 3.52. The van der Waals surface area contributed by atoms with Gasteiger partial charge in [-0.25, -0.2) is 0 Å². The lowest BCUT2D eigenvalue weighted by Gasteiger charge is -2.04. The van der Waals surface area contributed by atoms with Crippen LogP contribution in [0.5, 0.6) is 0 Å². The number of hydrogen-bond donors (Lipinski definition) is 2. The zero-order valence-electron chi connectivity index (χ0n) is 9.14. The third kappa shape index (κ3) is 4.59. The molecule has 1 heterocycles. The number of carbonyl (C=O) groups excluding carboxylic acids is 1. The van der Waals surface area contributed by atoms with Gasteiger partial charge in [0.25, 0.3) is 0 Å². The van der Waals surface area contributed by atoms with E-state index in [4.69, 9.17) is 5.11 Å². The van der Waals surface area contributed by atoms with Gasteiger partial charge in [-0.2, -0.15) is 5.10 Å². The fourth-order valence-electron chi connectivity index (χ4n) is 1.21. The molecule has 1 rings (SSSR count). The van der Waals surface area contributed by atoms with Gasteiger partial charge in [-0.1, -0.05) is 0 Å². The lowest BCUT2D eigenvalue weighted by Crippen LogP contribution is -2.27. The Balaban J connectivity index is 2.15. The third-order valence-electron chi connectivity index (χ3n) is 1.99. The standard InChI is InChI=1S/C10H15N3O3/c1-8-6-12-13(7-8)5-4-11-9(14)2-3-10(15)16/h6-7H,2-5H2,1H3,(H,11,14)(H,15,16). The van der Waals surface area contributed by atoms with Crippen molar-refractivity contribution in [3.05, 3.63) is 18.0 Å². The number of carbonyl (C=O) groups is 2. The maximum atomic E-state index is 11.1. The molecule has 1 aromatic heterocycles. The van der Waals surface area contributed by atoms with Crippen molar-refractivity contribution < 1.29 is 14.7 Å². The number of rotatable bonds is 6. The van der Waals surface area contributed by atoms with E-state index >= 15 is 0 Å². The summed E-state index contributed by atoms with van der Waals surface area (Å²) in [6, 6.07) is 0. The molecule has 1 aromatic rings. The van der Waals surface area contributed by atoms with Crippen LogP contribution in [0.2, 0.25) is 0 Å². The Morgan fingerprint density at radius 1 is 1.50 bits per heavy atom. The van der Waals surface area contributed by atoms with Gasteiger partial charge in [0.15, 0.2) is 0 Å². The predicted molar refractivity (Wildman–Crippen MR) is 56.8 cm³/mol. The van der Waals surface area contributed by atoms with Crippen LogP contribution in [0, 0.1) is 6.92 Å². The molecule has 0 aliphatic heterocycles. The van der Waals surface area contributed by atoms with Crippen molar-refractivity contribution in [2.24, 2.45) is 0 Å². The smallest absolute Gasteiger partial charge is 0.303 e. The van der Waals surface area contributed by atoms with E-state index in [1.807, 2.05) is 13.1 Å². The quantitative estimate of drug-likeness (QED) is 0.723. The van der Waals surface area contributed by atoms with Crippen molar-refractivity contribution in [2.75, 3.05) is 6.54 Å². The number of aromatic nitrogens is 2. The van der Waals surface area contributed by atoms with E-state index in [2.05, 4.69) is 10.4 Å². The van der Waals surface area contributed by atoms with Crippen molar-refractivity contribution in [1.29, 1.82) is 0 Å². The van der Waals surface area contributed by atoms with Crippen LogP contribution in [0.4, 0.5) is 0 Å². The fourth-order valence-corrected chi connectivity index (χ4v) is 1.21. The summed E-state index contributed by atoms with van der Waals surface area (Å²) in [6.45, 7) is 2.99. The van der Waals surface area contributed by atoms with Crippen molar-refractivity contribution in [2.45, 2.75) is 26.3 Å². The van der Waals surface area contributed by atoms with Crippen LogP contribution in [0.1, 0.15) is 18.4 Å². The Hall–Kier alpha value is -1.85. The highest BCUT2D eigenvalue weighted by molar-refractivity contribution is 5.80. The topological polar surface area (TPSA) is 84.2 Å². The molecule has 2 N–H and O–H groups in total. The molecule has 0 unspecified atom stereocenters. The van der Waals surface area contributed by atoms with Gasteiger partial charge in [0.1, 0.15) is 0 Å². The number of nitrogens with one attached hydrogen (secondary N) is 1. The summed E-state index contributed by atoms with van der Waals surface area (Å²) >= 11 is 0. The van der Waals surface area contributed by atoms with E-state index < -0.39 is 5.97 Å². The Kier molecular flexibility index (Phi) is 4.50. The van der Waals surface area contributed by atoms with Gasteiger partial charge in [-0.05, 0) is 12.5 Å². The monoisotopic (exact) mass is 225 g/mol. The summed E-state index contributed by atoms with van der Waals surface area (Å²) in [5, 5.41) is 15.1. The molecule has 0 saturated heterocycles. The zero-order chi connectivity index (χ0) is 12.0. The highest BCUT2D eigenvalue weighted by Gasteiger charge is 2.04. The molecular formula is C10H15N3O3. The molecule has 0 spiro atoms. The molecule has 0 fully saturated rings. The van der Waals surface area contributed by atoms with Crippen molar-refractivity contribution >= 4 is 11.9 Å². The van der Waals surface area contributed by atoms with Crippen molar-refractivity contribution in [3.63, 3.8) is 0 Å². The van der Waals surface area contributed by atoms with E-state index in [1.54, 1.807) is 10.9 Å². The third-order valence-corrected chi connectivity index (χ3v) is 1.99. The lowest BCUT2D eigenvalue weighted by molar-refractivity contribution is -0.138. The second-order valence-corrected chi connectivity index (χ2v) is 3.52. The summed E-state index contributed by atoms with van der Waals surface area (Å²) in [7, 11) is 0. The van der Waals surface area contributed by atoms with Crippen LogP contribution < -0.4 is 5.32 Å². The molecule has 0 saturated carbocycles. The average molecular weight is 225 g/mol. The van der Waals surface area contributed by atoms with Crippen LogP contribution in [0.25, 0.3) is 0 Å². The average Bonchev–Trinajstić information content (AvgIpc) is 2.61. The Morgan fingerprint density at radius 3 is 2.81 bits per heavy atom. The first-order valence-corrected chi connectivity index (χ1v) is 5.05. The van der Waals surface area contributed by atoms with Gasteiger partial charge in [0.05, 0.1) is 19.2 Å². The van der Waals surface area contributed by atoms with E-state index in [0.29, 0.717) is 13.1 Å². The number of nitrogens with zero attached hydrogens (tertiary/aromatic N) is 2. The zero-order valence-corrected chi connectivity index (χ0v) is 9.14. The summed E-state index contributed by atoms with van der Waals surface area (Å²) in [6.07, 6.45) is 3.51. The number of hydrogen-bond acceptors (Lipinski definition) is 3. The molecule has 0 aliphatic rings. The predicted octanol–water partition coefficient (Wildman–Crippen LogP) is 0.173. The SMILES string of the molecule is Cc1cnn(CCNC(=O)CCC(=O)O)c1. The maximum absolute atomic E-state index is 11.1. The normalized spacial score (nSPS) is 10.1. The van der Waals surface area contributed by atoms with E-state index in [9.17, 15) is 9.59 Å². The number of carboxylic acid groups (broad SMARTS) is 1. The minimum absolute atomic E-state index is 0.0213. The number of aliphatic carboxylic acids is 1. The summed E-state index contributed by atoms with van der Waals surface area (Å²) in [5.41, 5.74) is 1.07. The van der Waals surface area contributed by atoms with Gasteiger partial charge < -0.3 is 10.4 Å². The maximum Gasteiger partial charge on any atom is 0.303 e. The number of carboxylic acids is 1. The molecule has 6 heteroatoms. The van der Waals surface area contributed by atoms with E-state index in [-0.39, 0.29) is 18.7 Å². The van der Waals surface area contributed by atoms with E-state index in [1.165, 1.54) is 0 Å². The minimum atomic E-state index is -0.960. The van der Waals surface area contributed by atoms with E-state index in [0.717, 1.165) is 5.56 Å². The molecule has 0 aliphatic carbocycles. The number of amides is 1. The molecule has 0 bridgehead atoms. The molecule has 16 heavy (non-hydrogen) atoms. The Bertz CT molecular complexity index is 373. The second kappa shape index (κ2) is 5.89. The lowest BCUT2D eigenvalue weighted by atomic mass is 10.3. The van der Waals surface area contributed by atoms with Gasteiger partial charge in [-0.15, -0.1) is 0 Å². The van der Waals surface area contributed by atoms with Gasteiger partial charge in [0.2, 0.25) is 5.91 Å². The highest BCUT2D eigenvalue weighted by Crippen LogP contribution is 1.93. The first kappa shape index (κ1) is 12.2. The molecule has 0 atom stereocenters. The van der Waals surface area contributed by atoms with Crippen molar-refractivity contribution in [3.8, 4) is 0 Å². The number of aryl methyl sites for hydroxylation is 1. The Morgan fingerprint density at radius 2 is 2.25 bits per heavy atom. The van der Waals surface area contributed by atoms with Crippen LogP contribution >= 0.6 is 0 Å². The van der Waals surface area contributed by atoms with Crippen LogP contribution in [-0.2, 0) is 16.1 Å². The van der Waals surface area contributed by atoms with Gasteiger partial charge in [0, 0.05) is 19.2 Å². The first-order chi connectivity index (χ1) is 7.58. The van der Waals surface area contributed by atoms with Gasteiger partial charge in [-0.3, -0.25) is 14.3 Å².